The van der Waals surface area contributed by atoms with Gasteiger partial charge in [-0.2, -0.15) is 4.98 Å². The average Bonchev–Trinajstić information content (AvgIpc) is 2.43. The number of methoxy groups -OCH3 is 1. The van der Waals surface area contributed by atoms with E-state index in [2.05, 4.69) is 15.0 Å². The number of pyridine rings is 1. The van der Waals surface area contributed by atoms with Crippen molar-refractivity contribution < 1.29 is 4.74 Å². The van der Waals surface area contributed by atoms with E-state index in [4.69, 9.17) is 4.74 Å². The molecule has 0 radical (unpaired) electrons. The molecule has 12 heavy (non-hydrogen) atoms. The highest BCUT2D eigenvalue weighted by molar-refractivity contribution is 5.70. The monoisotopic (exact) mass is 165 g/mol. The number of aromatic amines is 2. The van der Waals surface area contributed by atoms with Gasteiger partial charge >= 0.3 is 5.69 Å². The van der Waals surface area contributed by atoms with E-state index in [9.17, 15) is 4.79 Å². The number of ether oxygens (including phenoxy) is 1. The fourth-order valence-electron chi connectivity index (χ4n) is 1.01. The molecule has 0 saturated heterocycles. The molecule has 2 aromatic rings. The van der Waals surface area contributed by atoms with Gasteiger partial charge in [0, 0.05) is 6.07 Å². The molecule has 0 aliphatic rings. The summed E-state index contributed by atoms with van der Waals surface area (Å²) in [5.41, 5.74) is 0.936. The van der Waals surface area contributed by atoms with E-state index in [0.717, 1.165) is 0 Å². The second kappa shape index (κ2) is 2.37. The van der Waals surface area contributed by atoms with Crippen LogP contribution >= 0.6 is 0 Å². The van der Waals surface area contributed by atoms with E-state index in [0.29, 0.717) is 17.0 Å². The summed E-state index contributed by atoms with van der Waals surface area (Å²) >= 11 is 0. The summed E-state index contributed by atoms with van der Waals surface area (Å²) in [6.45, 7) is 0. The molecular weight excluding hydrogens is 158 g/mol. The van der Waals surface area contributed by atoms with Crippen LogP contribution in [0.15, 0.2) is 16.9 Å². The summed E-state index contributed by atoms with van der Waals surface area (Å²) < 4.78 is 4.88. The van der Waals surface area contributed by atoms with Gasteiger partial charge in [-0.3, -0.25) is 4.98 Å². The standard InChI is InChI=1S/C7H7N3O2/c1-12-5-3-2-4-6(9-5)10-7(11)8-4/h2-3H,1H3,(H2,8,9,10,11). The van der Waals surface area contributed by atoms with E-state index in [1.165, 1.54) is 7.11 Å². The van der Waals surface area contributed by atoms with Gasteiger partial charge in [0.2, 0.25) is 5.88 Å². The number of nitrogens with one attached hydrogen (secondary N) is 2. The third-order valence-electron chi connectivity index (χ3n) is 1.56. The molecule has 62 valence electrons. The van der Waals surface area contributed by atoms with E-state index >= 15 is 0 Å². The number of nitrogens with zero attached hydrogens (tertiary/aromatic N) is 1. The van der Waals surface area contributed by atoms with Crippen molar-refractivity contribution in [2.45, 2.75) is 0 Å². The van der Waals surface area contributed by atoms with Crippen LogP contribution in [-0.2, 0) is 0 Å². The quantitative estimate of drug-likeness (QED) is 0.636. The lowest BCUT2D eigenvalue weighted by molar-refractivity contribution is 0.399. The van der Waals surface area contributed by atoms with Crippen LogP contribution in [0, 0.1) is 0 Å². The van der Waals surface area contributed by atoms with E-state index in [1.807, 2.05) is 0 Å². The van der Waals surface area contributed by atoms with Crippen molar-refractivity contribution in [3.8, 4) is 5.88 Å². The van der Waals surface area contributed by atoms with Gasteiger partial charge in [-0.05, 0) is 6.07 Å². The second-order valence-corrected chi connectivity index (χ2v) is 2.33. The van der Waals surface area contributed by atoms with Gasteiger partial charge < -0.3 is 9.72 Å². The molecule has 0 atom stereocenters. The molecule has 0 bridgehead atoms. The largest absolute Gasteiger partial charge is 0.481 e. The molecule has 2 aromatic heterocycles. The van der Waals surface area contributed by atoms with Gasteiger partial charge in [0.05, 0.1) is 12.6 Å². The molecule has 2 rings (SSSR count). The van der Waals surface area contributed by atoms with Gasteiger partial charge in [-0.1, -0.05) is 0 Å². The normalized spacial score (nSPS) is 10.4. The lowest BCUT2D eigenvalue weighted by atomic mass is 10.4. The molecule has 0 aliphatic heterocycles. The van der Waals surface area contributed by atoms with Crippen molar-refractivity contribution in [3.63, 3.8) is 0 Å². The van der Waals surface area contributed by atoms with E-state index < -0.39 is 0 Å². The molecule has 0 amide bonds. The predicted octanol–water partition coefficient (Wildman–Crippen LogP) is 0.260. The van der Waals surface area contributed by atoms with Crippen molar-refractivity contribution in [1.82, 2.24) is 15.0 Å². The van der Waals surface area contributed by atoms with Crippen LogP contribution in [0.5, 0.6) is 5.88 Å². The number of aromatic nitrogens is 3. The second-order valence-electron chi connectivity index (χ2n) is 2.33. The lowest BCUT2D eigenvalue weighted by Gasteiger charge is -1.95. The van der Waals surface area contributed by atoms with Gasteiger partial charge in [0.1, 0.15) is 0 Å². The molecule has 2 heterocycles. The Morgan fingerprint density at radius 3 is 3.00 bits per heavy atom. The molecule has 5 nitrogen and oxygen atoms in total. The van der Waals surface area contributed by atoms with Crippen molar-refractivity contribution in [1.29, 1.82) is 0 Å². The highest BCUT2D eigenvalue weighted by atomic mass is 16.5. The molecule has 0 saturated carbocycles. The van der Waals surface area contributed by atoms with Crippen LogP contribution < -0.4 is 10.4 Å². The first-order chi connectivity index (χ1) is 5.79. The molecule has 5 heteroatoms. The van der Waals surface area contributed by atoms with Crippen LogP contribution in [0.4, 0.5) is 0 Å². The highest BCUT2D eigenvalue weighted by Crippen LogP contribution is 2.10. The van der Waals surface area contributed by atoms with Gasteiger partial charge in [-0.15, -0.1) is 0 Å². The third-order valence-corrected chi connectivity index (χ3v) is 1.56. The molecule has 0 fully saturated rings. The first kappa shape index (κ1) is 6.90. The number of H-pyrrole nitrogens is 2. The zero-order valence-electron chi connectivity index (χ0n) is 6.42. The minimum atomic E-state index is -0.259. The van der Waals surface area contributed by atoms with Crippen LogP contribution in [-0.4, -0.2) is 22.1 Å². The smallest absolute Gasteiger partial charge is 0.325 e. The topological polar surface area (TPSA) is 70.8 Å². The van der Waals surface area contributed by atoms with Crippen molar-refractivity contribution in [2.24, 2.45) is 0 Å². The molecule has 2 N–H and O–H groups in total. The fraction of sp³-hybridized carbons (Fsp3) is 0.143. The maximum atomic E-state index is 10.8. The van der Waals surface area contributed by atoms with Crippen molar-refractivity contribution in [3.05, 3.63) is 22.6 Å². The Morgan fingerprint density at radius 1 is 1.42 bits per heavy atom. The first-order valence-corrected chi connectivity index (χ1v) is 3.42. The minimum Gasteiger partial charge on any atom is -0.481 e. The first-order valence-electron chi connectivity index (χ1n) is 3.42. The van der Waals surface area contributed by atoms with Gasteiger partial charge in [-0.25, -0.2) is 4.79 Å². The van der Waals surface area contributed by atoms with E-state index in [-0.39, 0.29) is 5.69 Å². The third kappa shape index (κ3) is 0.952. The maximum absolute atomic E-state index is 10.8. The molecule has 0 aromatic carbocycles. The Balaban J connectivity index is 2.74. The molecule has 0 unspecified atom stereocenters. The molecule has 0 aliphatic carbocycles. The zero-order valence-corrected chi connectivity index (χ0v) is 6.42. The summed E-state index contributed by atoms with van der Waals surface area (Å²) in [4.78, 5) is 19.9. The number of fused-ring (bicyclic) bond motifs is 1. The Kier molecular flexibility index (Phi) is 1.36. The highest BCUT2D eigenvalue weighted by Gasteiger charge is 1.99. The number of rotatable bonds is 1. The zero-order chi connectivity index (χ0) is 8.55. The maximum Gasteiger partial charge on any atom is 0.325 e. The van der Waals surface area contributed by atoms with Gasteiger partial charge in [0.15, 0.2) is 5.65 Å². The summed E-state index contributed by atoms with van der Waals surface area (Å²) in [6.07, 6.45) is 0. The Morgan fingerprint density at radius 2 is 2.25 bits per heavy atom. The van der Waals surface area contributed by atoms with Crippen LogP contribution in [0.25, 0.3) is 11.2 Å². The molecule has 0 spiro atoms. The summed E-state index contributed by atoms with van der Waals surface area (Å²) in [7, 11) is 1.53. The summed E-state index contributed by atoms with van der Waals surface area (Å²) in [5.74, 6) is 0.484. The predicted molar refractivity (Wildman–Crippen MR) is 43.3 cm³/mol. The average molecular weight is 165 g/mol. The summed E-state index contributed by atoms with van der Waals surface area (Å²) in [5, 5.41) is 0. The lowest BCUT2D eigenvalue weighted by Crippen LogP contribution is -1.99. The Labute approximate surface area is 67.4 Å². The SMILES string of the molecule is COc1ccc2[nH]c(=O)[nH]c2n1. The van der Waals surface area contributed by atoms with E-state index in [1.54, 1.807) is 12.1 Å². The van der Waals surface area contributed by atoms with Crippen LogP contribution in [0.1, 0.15) is 0 Å². The minimum absolute atomic E-state index is 0.259. The van der Waals surface area contributed by atoms with Crippen LogP contribution in [0.3, 0.4) is 0 Å². The Hall–Kier alpha value is -1.78. The Bertz CT molecular complexity index is 457. The van der Waals surface area contributed by atoms with Gasteiger partial charge in [0.25, 0.3) is 0 Å². The van der Waals surface area contributed by atoms with Crippen molar-refractivity contribution >= 4 is 11.2 Å². The number of hydrogen-bond donors (Lipinski definition) is 2. The van der Waals surface area contributed by atoms with Crippen LogP contribution in [0.2, 0.25) is 0 Å². The number of hydrogen-bond acceptors (Lipinski definition) is 3. The molecular formula is C7H7N3O2. The van der Waals surface area contributed by atoms with Crippen molar-refractivity contribution in [2.75, 3.05) is 7.11 Å². The summed E-state index contributed by atoms with van der Waals surface area (Å²) in [6, 6.07) is 3.42. The number of imidazole rings is 1. The fourth-order valence-corrected chi connectivity index (χ4v) is 1.01.